The van der Waals surface area contributed by atoms with Crippen LogP contribution in [0.2, 0.25) is 0 Å². The van der Waals surface area contributed by atoms with E-state index in [0.29, 0.717) is 23.3 Å². The largest absolute Gasteiger partial charge is 0.497 e. The summed E-state index contributed by atoms with van der Waals surface area (Å²) in [5, 5.41) is 12.4. The number of hydrogen-bond donors (Lipinski definition) is 1. The van der Waals surface area contributed by atoms with Crippen molar-refractivity contribution in [3.63, 3.8) is 0 Å². The minimum absolute atomic E-state index is 0.0183. The molecular weight excluding hydrogens is 520 g/mol. The van der Waals surface area contributed by atoms with E-state index in [9.17, 15) is 24.3 Å². The van der Waals surface area contributed by atoms with Crippen LogP contribution in [0.25, 0.3) is 0 Å². The Balaban J connectivity index is 1.73. The smallest absolute Gasteiger partial charge is 0.342 e. The molecule has 4 rings (SSSR count). The number of methoxy groups -OCH3 is 1. The van der Waals surface area contributed by atoms with Gasteiger partial charge in [-0.2, -0.15) is 0 Å². The predicted octanol–water partition coefficient (Wildman–Crippen LogP) is 3.69. The number of aliphatic hydroxyl groups is 1. The lowest BCUT2D eigenvalue weighted by Crippen LogP contribution is -2.74. The second kappa shape index (κ2) is 10.2. The van der Waals surface area contributed by atoms with Crippen molar-refractivity contribution in [2.75, 3.05) is 13.7 Å². The van der Waals surface area contributed by atoms with E-state index in [2.05, 4.69) is 0 Å². The predicted molar refractivity (Wildman–Crippen MR) is 142 cm³/mol. The van der Waals surface area contributed by atoms with Gasteiger partial charge >= 0.3 is 23.9 Å². The van der Waals surface area contributed by atoms with Crippen molar-refractivity contribution in [3.05, 3.63) is 34.9 Å². The Kier molecular flexibility index (Phi) is 7.55. The normalized spacial score (nSPS) is 31.5. The number of allylic oxidation sites excluding steroid dienone is 1. The molecule has 10 heteroatoms. The molecule has 2 saturated carbocycles. The van der Waals surface area contributed by atoms with Gasteiger partial charge in [0, 0.05) is 43.6 Å². The minimum Gasteiger partial charge on any atom is -0.497 e. The molecule has 1 aromatic carbocycles. The summed E-state index contributed by atoms with van der Waals surface area (Å²) in [4.78, 5) is 49.1. The van der Waals surface area contributed by atoms with E-state index in [1.165, 1.54) is 33.9 Å². The molecule has 40 heavy (non-hydrogen) atoms. The Bertz CT molecular complexity index is 1280. The van der Waals surface area contributed by atoms with Gasteiger partial charge in [0.2, 0.25) is 0 Å². The van der Waals surface area contributed by atoms with Crippen molar-refractivity contribution in [2.45, 2.75) is 79.1 Å². The van der Waals surface area contributed by atoms with Gasteiger partial charge in [0.15, 0.2) is 0 Å². The molecular formula is C30H38O10. The molecule has 0 spiro atoms. The van der Waals surface area contributed by atoms with Crippen LogP contribution in [0.3, 0.4) is 0 Å². The number of carbonyl (C=O) groups excluding carboxylic acids is 4. The summed E-state index contributed by atoms with van der Waals surface area (Å²) in [6, 6.07) is 3.04. The maximum atomic E-state index is 13.6. The molecule has 0 saturated heterocycles. The van der Waals surface area contributed by atoms with Gasteiger partial charge < -0.3 is 28.8 Å². The van der Waals surface area contributed by atoms with Crippen molar-refractivity contribution in [1.29, 1.82) is 0 Å². The molecule has 6 atom stereocenters. The average Bonchev–Trinajstić information content (AvgIpc) is 3.08. The molecule has 0 bridgehead atoms. The molecule has 0 radical (unpaired) electrons. The van der Waals surface area contributed by atoms with Crippen LogP contribution >= 0.6 is 0 Å². The molecule has 0 amide bonds. The van der Waals surface area contributed by atoms with Crippen LogP contribution in [-0.2, 0) is 28.6 Å². The number of rotatable bonds is 7. The lowest BCUT2D eigenvalue weighted by atomic mass is 9.43. The fraction of sp³-hybridized carbons (Fsp3) is 0.600. The highest BCUT2D eigenvalue weighted by Gasteiger charge is 2.75. The quantitative estimate of drug-likeness (QED) is 0.228. The van der Waals surface area contributed by atoms with E-state index in [1.807, 2.05) is 26.8 Å². The highest BCUT2D eigenvalue weighted by atomic mass is 16.6. The Morgan fingerprint density at radius 2 is 1.65 bits per heavy atom. The van der Waals surface area contributed by atoms with Crippen LogP contribution in [0.1, 0.15) is 70.3 Å². The SMILES string of the molecule is COc1cc(C)c(C(=O)OC2CC3(C)C4C(C=C(COC(C)=O)C23O)CC(C)(C)C4OC(C)=O)c(OC(C)=O)c1. The third kappa shape index (κ3) is 4.76. The van der Waals surface area contributed by atoms with Gasteiger partial charge in [-0.05, 0) is 42.9 Å². The van der Waals surface area contributed by atoms with Crippen molar-refractivity contribution < 1.29 is 48.0 Å². The number of aryl methyl sites for hydroxylation is 1. The third-order valence-electron chi connectivity index (χ3n) is 8.85. The van der Waals surface area contributed by atoms with Gasteiger partial charge in [-0.25, -0.2) is 4.79 Å². The molecule has 2 fully saturated rings. The summed E-state index contributed by atoms with van der Waals surface area (Å²) in [5.41, 5.74) is -1.98. The van der Waals surface area contributed by atoms with Crippen LogP contribution in [0.15, 0.2) is 23.8 Å². The first-order valence-corrected chi connectivity index (χ1v) is 13.4. The number of hydrogen-bond acceptors (Lipinski definition) is 10. The lowest BCUT2D eigenvalue weighted by Gasteiger charge is -2.65. The summed E-state index contributed by atoms with van der Waals surface area (Å²) in [6.07, 6.45) is 1.39. The van der Waals surface area contributed by atoms with E-state index in [4.69, 9.17) is 23.7 Å². The zero-order chi connectivity index (χ0) is 29.8. The van der Waals surface area contributed by atoms with Crippen molar-refractivity contribution in [3.8, 4) is 11.5 Å². The van der Waals surface area contributed by atoms with Gasteiger partial charge in [0.1, 0.15) is 41.5 Å². The second-order valence-electron chi connectivity index (χ2n) is 12.1. The first-order valence-electron chi connectivity index (χ1n) is 13.4. The molecule has 218 valence electrons. The number of carbonyl (C=O) groups is 4. The lowest BCUT2D eigenvalue weighted by molar-refractivity contribution is -0.262. The van der Waals surface area contributed by atoms with E-state index >= 15 is 0 Å². The third-order valence-corrected chi connectivity index (χ3v) is 8.85. The van der Waals surface area contributed by atoms with E-state index in [0.717, 1.165) is 0 Å². The topological polar surface area (TPSA) is 135 Å². The van der Waals surface area contributed by atoms with Crippen molar-refractivity contribution in [1.82, 2.24) is 0 Å². The van der Waals surface area contributed by atoms with E-state index < -0.39 is 47.1 Å². The number of benzene rings is 1. The first-order chi connectivity index (χ1) is 18.5. The fourth-order valence-corrected chi connectivity index (χ4v) is 7.21. The minimum atomic E-state index is -1.69. The van der Waals surface area contributed by atoms with E-state index in [-0.39, 0.29) is 41.6 Å². The Hall–Kier alpha value is -3.40. The standard InChI is InChI=1S/C30H38O10/c1-15-9-21(36-8)11-22(38-17(3)32)24(15)27(34)40-23-13-29(7)25-19(12-28(5,6)26(25)39-18(4)33)10-20(30(23,29)35)14-37-16(2)31/h9-11,19,23,25-26,35H,12-14H2,1-8H3. The molecule has 0 aliphatic heterocycles. The highest BCUT2D eigenvalue weighted by Crippen LogP contribution is 2.69. The number of fused-ring (bicyclic) bond motifs is 3. The van der Waals surface area contributed by atoms with Crippen LogP contribution in [0.5, 0.6) is 11.5 Å². The van der Waals surface area contributed by atoms with Crippen LogP contribution in [0.4, 0.5) is 0 Å². The molecule has 0 aromatic heterocycles. The molecule has 10 nitrogen and oxygen atoms in total. The highest BCUT2D eigenvalue weighted by molar-refractivity contribution is 5.95. The zero-order valence-electron chi connectivity index (χ0n) is 24.3. The molecule has 1 aromatic rings. The average molecular weight is 559 g/mol. The van der Waals surface area contributed by atoms with Crippen molar-refractivity contribution >= 4 is 23.9 Å². The Morgan fingerprint density at radius 3 is 2.23 bits per heavy atom. The van der Waals surface area contributed by atoms with Crippen LogP contribution in [0, 0.1) is 29.6 Å². The maximum absolute atomic E-state index is 13.6. The van der Waals surface area contributed by atoms with Crippen LogP contribution < -0.4 is 9.47 Å². The van der Waals surface area contributed by atoms with E-state index in [1.54, 1.807) is 13.0 Å². The number of ether oxygens (including phenoxy) is 5. The van der Waals surface area contributed by atoms with Gasteiger partial charge in [-0.15, -0.1) is 0 Å². The molecule has 0 heterocycles. The molecule has 3 aliphatic carbocycles. The van der Waals surface area contributed by atoms with Crippen molar-refractivity contribution in [2.24, 2.45) is 22.7 Å². The second-order valence-corrected chi connectivity index (χ2v) is 12.1. The Labute approximate surface area is 233 Å². The summed E-state index contributed by atoms with van der Waals surface area (Å²) in [7, 11) is 1.45. The summed E-state index contributed by atoms with van der Waals surface area (Å²) in [5.74, 6) is -2.25. The molecule has 1 N–H and O–H groups in total. The molecule has 3 aliphatic rings. The summed E-state index contributed by atoms with van der Waals surface area (Å²) in [6.45, 7) is 11.3. The van der Waals surface area contributed by atoms with Gasteiger partial charge in [0.05, 0.1) is 7.11 Å². The summed E-state index contributed by atoms with van der Waals surface area (Å²) < 4.78 is 27.6. The van der Waals surface area contributed by atoms with Gasteiger partial charge in [-0.1, -0.05) is 26.8 Å². The van der Waals surface area contributed by atoms with Gasteiger partial charge in [0.25, 0.3) is 0 Å². The van der Waals surface area contributed by atoms with Crippen LogP contribution in [-0.4, -0.2) is 60.5 Å². The fourth-order valence-electron chi connectivity index (χ4n) is 7.21. The molecule has 6 unspecified atom stereocenters. The summed E-state index contributed by atoms with van der Waals surface area (Å²) >= 11 is 0. The first kappa shape index (κ1) is 29.6. The zero-order valence-corrected chi connectivity index (χ0v) is 24.3. The maximum Gasteiger partial charge on any atom is 0.342 e. The Morgan fingerprint density at radius 1 is 0.975 bits per heavy atom. The monoisotopic (exact) mass is 558 g/mol. The number of esters is 4. The van der Waals surface area contributed by atoms with Gasteiger partial charge in [-0.3, -0.25) is 14.4 Å².